The molecule has 0 aliphatic heterocycles. The standard InChI is InChI=1S/C13H18O4S/c1-17-11-8-7-10(18-11)13(16,12(14)15)9-5-3-2-4-6-9/h7-9,16H,2-6H2,1H3,(H,14,15). The van der Waals surface area contributed by atoms with Gasteiger partial charge in [-0.25, -0.2) is 4.79 Å². The van der Waals surface area contributed by atoms with Gasteiger partial charge in [-0.3, -0.25) is 0 Å². The van der Waals surface area contributed by atoms with E-state index >= 15 is 0 Å². The van der Waals surface area contributed by atoms with Crippen LogP contribution in [0, 0.1) is 5.92 Å². The fourth-order valence-electron chi connectivity index (χ4n) is 2.64. The van der Waals surface area contributed by atoms with Crippen molar-refractivity contribution in [2.45, 2.75) is 37.7 Å². The SMILES string of the molecule is COc1ccc(C(O)(C(=O)O)C2CCCCC2)s1. The van der Waals surface area contributed by atoms with Crippen LogP contribution in [0.5, 0.6) is 5.06 Å². The summed E-state index contributed by atoms with van der Waals surface area (Å²) < 4.78 is 5.07. The predicted molar refractivity (Wildman–Crippen MR) is 69.0 cm³/mol. The third-order valence-electron chi connectivity index (χ3n) is 3.68. The van der Waals surface area contributed by atoms with E-state index in [0.717, 1.165) is 32.1 Å². The number of methoxy groups -OCH3 is 1. The zero-order valence-corrected chi connectivity index (χ0v) is 11.2. The number of thiophene rings is 1. The maximum Gasteiger partial charge on any atom is 0.341 e. The number of carboxylic acids is 1. The van der Waals surface area contributed by atoms with Crippen LogP contribution in [0.15, 0.2) is 12.1 Å². The summed E-state index contributed by atoms with van der Waals surface area (Å²) in [5.41, 5.74) is -1.76. The van der Waals surface area contributed by atoms with Gasteiger partial charge in [-0.2, -0.15) is 0 Å². The molecule has 0 radical (unpaired) electrons. The van der Waals surface area contributed by atoms with Gasteiger partial charge in [-0.15, -0.1) is 11.3 Å². The van der Waals surface area contributed by atoms with Crippen LogP contribution in [0.2, 0.25) is 0 Å². The molecule has 100 valence electrons. The first-order valence-corrected chi connectivity index (χ1v) is 7.00. The van der Waals surface area contributed by atoms with Gasteiger partial charge in [-0.1, -0.05) is 19.3 Å². The number of aliphatic hydroxyl groups is 1. The molecule has 1 unspecified atom stereocenters. The topological polar surface area (TPSA) is 66.8 Å². The highest BCUT2D eigenvalue weighted by Gasteiger charge is 2.47. The lowest BCUT2D eigenvalue weighted by molar-refractivity contribution is -0.168. The molecule has 18 heavy (non-hydrogen) atoms. The number of ether oxygens (including phenoxy) is 1. The van der Waals surface area contributed by atoms with E-state index in [0.29, 0.717) is 9.94 Å². The largest absolute Gasteiger partial charge is 0.487 e. The van der Waals surface area contributed by atoms with Gasteiger partial charge in [0, 0.05) is 5.92 Å². The molecule has 1 aromatic rings. The summed E-state index contributed by atoms with van der Waals surface area (Å²) in [4.78, 5) is 12.0. The van der Waals surface area contributed by atoms with Crippen molar-refractivity contribution in [1.82, 2.24) is 0 Å². The van der Waals surface area contributed by atoms with Gasteiger partial charge in [0.15, 0.2) is 10.7 Å². The van der Waals surface area contributed by atoms with Gasteiger partial charge in [0.2, 0.25) is 0 Å². The molecule has 2 N–H and O–H groups in total. The van der Waals surface area contributed by atoms with Gasteiger partial charge < -0.3 is 14.9 Å². The van der Waals surface area contributed by atoms with Crippen LogP contribution >= 0.6 is 11.3 Å². The second-order valence-electron chi connectivity index (χ2n) is 4.73. The van der Waals surface area contributed by atoms with E-state index in [1.54, 1.807) is 12.1 Å². The van der Waals surface area contributed by atoms with E-state index in [9.17, 15) is 15.0 Å². The maximum absolute atomic E-state index is 11.5. The van der Waals surface area contributed by atoms with Gasteiger partial charge in [0.1, 0.15) is 0 Å². The molecule has 2 rings (SSSR count). The van der Waals surface area contributed by atoms with Crippen LogP contribution in [0.4, 0.5) is 0 Å². The lowest BCUT2D eigenvalue weighted by atomic mass is 9.76. The number of hydrogen-bond donors (Lipinski definition) is 2. The van der Waals surface area contributed by atoms with Crippen LogP contribution < -0.4 is 4.74 Å². The Morgan fingerprint density at radius 2 is 2.06 bits per heavy atom. The van der Waals surface area contributed by atoms with Crippen LogP contribution in [0.25, 0.3) is 0 Å². The van der Waals surface area contributed by atoms with Crippen LogP contribution in [-0.2, 0) is 10.4 Å². The van der Waals surface area contributed by atoms with E-state index in [1.807, 2.05) is 0 Å². The van der Waals surface area contributed by atoms with Gasteiger partial charge >= 0.3 is 5.97 Å². The molecule has 4 nitrogen and oxygen atoms in total. The first-order chi connectivity index (χ1) is 8.59. The van der Waals surface area contributed by atoms with Crippen LogP contribution in [0.1, 0.15) is 37.0 Å². The Morgan fingerprint density at radius 1 is 1.39 bits per heavy atom. The van der Waals surface area contributed by atoms with E-state index in [1.165, 1.54) is 18.4 Å². The number of aliphatic carboxylic acids is 1. The summed E-state index contributed by atoms with van der Waals surface area (Å²) in [7, 11) is 1.54. The maximum atomic E-state index is 11.5. The molecule has 1 atom stereocenters. The van der Waals surface area contributed by atoms with Crippen molar-refractivity contribution in [1.29, 1.82) is 0 Å². The number of rotatable bonds is 4. The fourth-order valence-corrected chi connectivity index (χ4v) is 3.62. The second-order valence-corrected chi connectivity index (χ2v) is 5.78. The highest BCUT2D eigenvalue weighted by Crippen LogP contribution is 2.43. The third-order valence-corrected chi connectivity index (χ3v) is 4.85. The Morgan fingerprint density at radius 3 is 2.56 bits per heavy atom. The monoisotopic (exact) mass is 270 g/mol. The average molecular weight is 270 g/mol. The molecule has 0 bridgehead atoms. The van der Waals surface area contributed by atoms with Crippen molar-refractivity contribution in [3.8, 4) is 5.06 Å². The minimum Gasteiger partial charge on any atom is -0.487 e. The smallest absolute Gasteiger partial charge is 0.341 e. The van der Waals surface area contributed by atoms with E-state index in [4.69, 9.17) is 4.74 Å². The van der Waals surface area contributed by atoms with Crippen molar-refractivity contribution in [2.24, 2.45) is 5.92 Å². The molecule has 1 aromatic heterocycles. The third kappa shape index (κ3) is 2.24. The van der Waals surface area contributed by atoms with Crippen molar-refractivity contribution in [3.63, 3.8) is 0 Å². The minimum absolute atomic E-state index is 0.202. The summed E-state index contributed by atoms with van der Waals surface area (Å²) in [6.07, 6.45) is 4.64. The van der Waals surface area contributed by atoms with E-state index < -0.39 is 11.6 Å². The second kappa shape index (κ2) is 5.28. The Bertz CT molecular complexity index is 422. The molecule has 0 aromatic carbocycles. The molecule has 1 fully saturated rings. The van der Waals surface area contributed by atoms with Gasteiger partial charge in [0.05, 0.1) is 12.0 Å². The summed E-state index contributed by atoms with van der Waals surface area (Å²) in [5.74, 6) is -1.36. The summed E-state index contributed by atoms with van der Waals surface area (Å²) >= 11 is 1.21. The number of hydrogen-bond acceptors (Lipinski definition) is 4. The molecule has 5 heteroatoms. The lowest BCUT2D eigenvalue weighted by Crippen LogP contribution is -2.43. The fraction of sp³-hybridized carbons (Fsp3) is 0.615. The zero-order valence-electron chi connectivity index (χ0n) is 10.4. The molecule has 0 saturated heterocycles. The first kappa shape index (κ1) is 13.4. The Hall–Kier alpha value is -1.07. The quantitative estimate of drug-likeness (QED) is 0.882. The molecular formula is C13H18O4S. The Kier molecular flexibility index (Phi) is 3.92. The zero-order chi connectivity index (χ0) is 13.2. The van der Waals surface area contributed by atoms with Crippen molar-refractivity contribution in [3.05, 3.63) is 17.0 Å². The molecular weight excluding hydrogens is 252 g/mol. The Balaban J connectivity index is 2.33. The molecule has 1 heterocycles. The van der Waals surface area contributed by atoms with E-state index in [2.05, 4.69) is 0 Å². The van der Waals surface area contributed by atoms with E-state index in [-0.39, 0.29) is 5.92 Å². The first-order valence-electron chi connectivity index (χ1n) is 6.19. The highest BCUT2D eigenvalue weighted by molar-refractivity contribution is 7.14. The molecule has 0 amide bonds. The van der Waals surface area contributed by atoms with Crippen molar-refractivity contribution < 1.29 is 19.7 Å². The molecule has 0 spiro atoms. The Labute approximate surface area is 110 Å². The molecule has 1 saturated carbocycles. The molecule has 1 aliphatic rings. The van der Waals surface area contributed by atoms with Crippen molar-refractivity contribution >= 4 is 17.3 Å². The van der Waals surface area contributed by atoms with Crippen LogP contribution in [0.3, 0.4) is 0 Å². The number of carboxylic acid groups (broad SMARTS) is 1. The lowest BCUT2D eigenvalue weighted by Gasteiger charge is -2.34. The normalized spacial score (nSPS) is 20.3. The predicted octanol–water partition coefficient (Wildman–Crippen LogP) is 2.61. The highest BCUT2D eigenvalue weighted by atomic mass is 32.1. The summed E-state index contributed by atoms with van der Waals surface area (Å²) in [6, 6.07) is 3.36. The van der Waals surface area contributed by atoms with Gasteiger partial charge in [0.25, 0.3) is 0 Å². The van der Waals surface area contributed by atoms with Crippen molar-refractivity contribution in [2.75, 3.05) is 7.11 Å². The van der Waals surface area contributed by atoms with Gasteiger partial charge in [-0.05, 0) is 25.0 Å². The summed E-state index contributed by atoms with van der Waals surface area (Å²) in [5, 5.41) is 20.7. The average Bonchev–Trinajstić information content (AvgIpc) is 2.87. The molecule has 1 aliphatic carbocycles. The summed E-state index contributed by atoms with van der Waals surface area (Å²) in [6.45, 7) is 0. The minimum atomic E-state index is -1.76. The van der Waals surface area contributed by atoms with Crippen LogP contribution in [-0.4, -0.2) is 23.3 Å². The number of carbonyl (C=O) groups is 1.